The van der Waals surface area contributed by atoms with Gasteiger partial charge in [-0.2, -0.15) is 18.3 Å². The Morgan fingerprint density at radius 3 is 2.58 bits per heavy atom. The molecule has 0 saturated carbocycles. The van der Waals surface area contributed by atoms with Gasteiger partial charge in [-0.15, -0.1) is 0 Å². The molecule has 2 aromatic carbocycles. The molecule has 0 spiro atoms. The lowest BCUT2D eigenvalue weighted by Gasteiger charge is -2.33. The number of fused-ring (bicyclic) bond motifs is 1. The van der Waals surface area contributed by atoms with Gasteiger partial charge in [0.1, 0.15) is 5.82 Å². The molecule has 3 aromatic rings. The van der Waals surface area contributed by atoms with Gasteiger partial charge in [0.05, 0.1) is 21.8 Å². The van der Waals surface area contributed by atoms with Crippen molar-refractivity contribution in [3.05, 3.63) is 75.4 Å². The highest BCUT2D eigenvalue weighted by Gasteiger charge is 2.46. The van der Waals surface area contributed by atoms with Crippen molar-refractivity contribution in [3.8, 4) is 0 Å². The summed E-state index contributed by atoms with van der Waals surface area (Å²) in [6.45, 7) is 1.91. The smallest absolute Gasteiger partial charge is 0.363 e. The Morgan fingerprint density at radius 1 is 1.19 bits per heavy atom. The normalized spacial score (nSPS) is 18.3. The summed E-state index contributed by atoms with van der Waals surface area (Å²) in [7, 11) is 0. The Morgan fingerprint density at radius 2 is 1.90 bits per heavy atom. The van der Waals surface area contributed by atoms with Crippen LogP contribution in [0.25, 0.3) is 0 Å². The van der Waals surface area contributed by atoms with Crippen LogP contribution >= 0.6 is 23.2 Å². The van der Waals surface area contributed by atoms with Crippen LogP contribution in [0, 0.1) is 6.92 Å². The molecule has 0 saturated heterocycles. The number of aryl methyl sites for hydroxylation is 1. The van der Waals surface area contributed by atoms with Crippen LogP contribution in [0.2, 0.25) is 10.0 Å². The zero-order chi connectivity index (χ0) is 22.3. The molecule has 5 nitrogen and oxygen atoms in total. The molecule has 0 fully saturated rings. The topological polar surface area (TPSA) is 59.0 Å². The number of nitrogens with zero attached hydrogens (tertiary/aromatic N) is 2. The van der Waals surface area contributed by atoms with Gasteiger partial charge in [-0.3, -0.25) is 4.79 Å². The number of benzene rings is 2. The zero-order valence-corrected chi connectivity index (χ0v) is 17.7. The predicted molar refractivity (Wildman–Crippen MR) is 114 cm³/mol. The van der Waals surface area contributed by atoms with Crippen LogP contribution < -0.4 is 10.6 Å². The molecule has 2 atom stereocenters. The first-order valence-electron chi connectivity index (χ1n) is 9.38. The fourth-order valence-corrected chi connectivity index (χ4v) is 3.84. The minimum absolute atomic E-state index is 0.112. The molecule has 4 rings (SSSR count). The van der Waals surface area contributed by atoms with Crippen molar-refractivity contribution >= 4 is 40.6 Å². The molecule has 0 unspecified atom stereocenters. The number of amides is 1. The van der Waals surface area contributed by atoms with Crippen LogP contribution in [-0.4, -0.2) is 21.9 Å². The summed E-state index contributed by atoms with van der Waals surface area (Å²) in [5.74, 6) is -0.581. The molecule has 10 heteroatoms. The van der Waals surface area contributed by atoms with Gasteiger partial charge in [-0.25, -0.2) is 4.68 Å². The van der Waals surface area contributed by atoms with Crippen molar-refractivity contribution in [2.75, 3.05) is 10.6 Å². The van der Waals surface area contributed by atoms with Crippen LogP contribution in [0.5, 0.6) is 0 Å². The molecule has 1 aliphatic heterocycles. The average molecular weight is 469 g/mol. The van der Waals surface area contributed by atoms with Gasteiger partial charge in [-0.05, 0) is 24.6 Å². The lowest BCUT2D eigenvalue weighted by Crippen LogP contribution is -2.35. The standard InChI is InChI=1S/C21H17Cl2F3N4O/c1-11-5-7-12(8-6-11)15-9-17(21(24,25)26)30-18(27-15)10-16(29-30)20(31)28-14-4-2-3-13(22)19(14)23/h2-8,10,15,17,27H,9H2,1H3,(H,28,31)/t15-,17-/m1/s1. The van der Waals surface area contributed by atoms with Crippen molar-refractivity contribution in [2.45, 2.75) is 31.6 Å². The van der Waals surface area contributed by atoms with Gasteiger partial charge in [-0.1, -0.05) is 59.1 Å². The summed E-state index contributed by atoms with van der Waals surface area (Å²) in [4.78, 5) is 12.6. The Balaban J connectivity index is 1.65. The molecule has 0 bridgehead atoms. The lowest BCUT2D eigenvalue weighted by molar-refractivity contribution is -0.173. The maximum absolute atomic E-state index is 13.8. The first-order valence-corrected chi connectivity index (χ1v) is 10.1. The average Bonchev–Trinajstić information content (AvgIpc) is 3.14. The van der Waals surface area contributed by atoms with E-state index in [0.717, 1.165) is 15.8 Å². The summed E-state index contributed by atoms with van der Waals surface area (Å²) in [6, 6.07) is 10.8. The lowest BCUT2D eigenvalue weighted by atomic mass is 9.96. The molecule has 2 N–H and O–H groups in total. The molecule has 162 valence electrons. The van der Waals surface area contributed by atoms with Crippen LogP contribution in [0.3, 0.4) is 0 Å². The molecular weight excluding hydrogens is 452 g/mol. The van der Waals surface area contributed by atoms with Crippen LogP contribution in [0.4, 0.5) is 24.7 Å². The van der Waals surface area contributed by atoms with Crippen molar-refractivity contribution in [1.82, 2.24) is 9.78 Å². The molecule has 0 radical (unpaired) electrons. The highest BCUT2D eigenvalue weighted by molar-refractivity contribution is 6.44. The van der Waals surface area contributed by atoms with E-state index in [4.69, 9.17) is 23.2 Å². The molecular formula is C21H17Cl2F3N4O. The number of carbonyl (C=O) groups excluding carboxylic acids is 1. The van der Waals surface area contributed by atoms with Gasteiger partial charge in [0, 0.05) is 12.5 Å². The van der Waals surface area contributed by atoms with Gasteiger partial charge in [0.25, 0.3) is 5.91 Å². The van der Waals surface area contributed by atoms with E-state index in [-0.39, 0.29) is 33.7 Å². The van der Waals surface area contributed by atoms with E-state index < -0.39 is 24.2 Å². The van der Waals surface area contributed by atoms with E-state index in [1.807, 2.05) is 19.1 Å². The Kier molecular flexibility index (Phi) is 5.61. The number of halogens is 5. The number of nitrogens with one attached hydrogen (secondary N) is 2. The van der Waals surface area contributed by atoms with E-state index in [0.29, 0.717) is 0 Å². The van der Waals surface area contributed by atoms with Crippen molar-refractivity contribution in [2.24, 2.45) is 0 Å². The monoisotopic (exact) mass is 468 g/mol. The molecule has 2 heterocycles. The maximum Gasteiger partial charge on any atom is 0.410 e. The van der Waals surface area contributed by atoms with E-state index in [2.05, 4.69) is 15.7 Å². The highest BCUT2D eigenvalue weighted by Crippen LogP contribution is 2.43. The van der Waals surface area contributed by atoms with Crippen LogP contribution in [0.15, 0.2) is 48.5 Å². The molecule has 31 heavy (non-hydrogen) atoms. The van der Waals surface area contributed by atoms with Gasteiger partial charge in [0.15, 0.2) is 11.7 Å². The molecule has 0 aliphatic carbocycles. The minimum Gasteiger partial charge on any atom is -0.363 e. The fraction of sp³-hybridized carbons (Fsp3) is 0.238. The second kappa shape index (κ2) is 8.09. The molecule has 1 aromatic heterocycles. The Labute approximate surface area is 186 Å². The van der Waals surface area contributed by atoms with Gasteiger partial charge in [0.2, 0.25) is 0 Å². The third-order valence-electron chi connectivity index (χ3n) is 5.10. The molecule has 1 amide bonds. The first kappa shape index (κ1) is 21.5. The third-order valence-corrected chi connectivity index (χ3v) is 5.92. The maximum atomic E-state index is 13.8. The first-order chi connectivity index (χ1) is 14.6. The largest absolute Gasteiger partial charge is 0.410 e. The fourth-order valence-electron chi connectivity index (χ4n) is 3.49. The summed E-state index contributed by atoms with van der Waals surface area (Å²) < 4.78 is 42.2. The van der Waals surface area contributed by atoms with Crippen LogP contribution in [-0.2, 0) is 0 Å². The SMILES string of the molecule is Cc1ccc([C@H]2C[C@H](C(F)(F)F)n3nc(C(=O)Nc4cccc(Cl)c4Cl)cc3N2)cc1. The summed E-state index contributed by atoms with van der Waals surface area (Å²) in [5, 5.41) is 9.91. The van der Waals surface area contributed by atoms with E-state index >= 15 is 0 Å². The minimum atomic E-state index is -4.53. The van der Waals surface area contributed by atoms with Crippen molar-refractivity contribution in [1.29, 1.82) is 0 Å². The van der Waals surface area contributed by atoms with Crippen molar-refractivity contribution in [3.63, 3.8) is 0 Å². The van der Waals surface area contributed by atoms with Crippen LogP contribution in [0.1, 0.15) is 40.1 Å². The summed E-state index contributed by atoms with van der Waals surface area (Å²) in [5.41, 5.74) is 1.81. The van der Waals surface area contributed by atoms with E-state index in [1.165, 1.54) is 12.1 Å². The van der Waals surface area contributed by atoms with Gasteiger partial charge < -0.3 is 10.6 Å². The van der Waals surface area contributed by atoms with Crippen molar-refractivity contribution < 1.29 is 18.0 Å². The van der Waals surface area contributed by atoms with E-state index in [1.54, 1.807) is 24.3 Å². The number of aromatic nitrogens is 2. The Bertz CT molecular complexity index is 1130. The summed E-state index contributed by atoms with van der Waals surface area (Å²) in [6.07, 6.45) is -4.78. The third kappa shape index (κ3) is 4.36. The quantitative estimate of drug-likeness (QED) is 0.466. The van der Waals surface area contributed by atoms with E-state index in [9.17, 15) is 18.0 Å². The zero-order valence-electron chi connectivity index (χ0n) is 16.2. The number of rotatable bonds is 3. The Hall–Kier alpha value is -2.71. The summed E-state index contributed by atoms with van der Waals surface area (Å²) >= 11 is 12.0. The number of carbonyl (C=O) groups is 1. The number of hydrogen-bond acceptors (Lipinski definition) is 3. The van der Waals surface area contributed by atoms with Gasteiger partial charge >= 0.3 is 6.18 Å². The number of alkyl halides is 3. The molecule has 1 aliphatic rings. The number of anilines is 2. The second-order valence-corrected chi connectivity index (χ2v) is 8.10. The highest BCUT2D eigenvalue weighted by atomic mass is 35.5. The second-order valence-electron chi connectivity index (χ2n) is 7.32. The number of hydrogen-bond donors (Lipinski definition) is 2. The predicted octanol–water partition coefficient (Wildman–Crippen LogP) is 6.41.